The molecule has 1 aliphatic heterocycles. The fourth-order valence-electron chi connectivity index (χ4n) is 3.31. The predicted octanol–water partition coefficient (Wildman–Crippen LogP) is 2.90. The summed E-state index contributed by atoms with van der Waals surface area (Å²) in [5.41, 5.74) is 4.28. The van der Waals surface area contributed by atoms with Crippen molar-refractivity contribution in [2.24, 2.45) is 0 Å². The molecular formula is C19H20FN5OS. The lowest BCUT2D eigenvalue weighted by Crippen LogP contribution is -2.48. The van der Waals surface area contributed by atoms with E-state index in [9.17, 15) is 9.18 Å². The Morgan fingerprint density at radius 2 is 1.85 bits per heavy atom. The number of aryl methyl sites for hydroxylation is 1. The molecule has 8 heteroatoms. The van der Waals surface area contributed by atoms with Gasteiger partial charge in [-0.15, -0.1) is 0 Å². The fourth-order valence-corrected chi connectivity index (χ4v) is 3.85. The summed E-state index contributed by atoms with van der Waals surface area (Å²) < 4.78 is 21.6. The Bertz CT molecular complexity index is 950. The van der Waals surface area contributed by atoms with Crippen LogP contribution in [0.4, 0.5) is 15.8 Å². The molecule has 2 aromatic carbocycles. The number of hydrogen-bond acceptors (Lipinski definition) is 6. The van der Waals surface area contributed by atoms with E-state index in [0.717, 1.165) is 65.9 Å². The minimum Gasteiger partial charge on any atom is -0.369 e. The van der Waals surface area contributed by atoms with Crippen molar-refractivity contribution >= 4 is 40.0 Å². The maximum absolute atomic E-state index is 13.1. The van der Waals surface area contributed by atoms with Crippen molar-refractivity contribution in [3.05, 3.63) is 47.8 Å². The van der Waals surface area contributed by atoms with Crippen molar-refractivity contribution in [3.8, 4) is 0 Å². The zero-order chi connectivity index (χ0) is 18.8. The second-order valence-electron chi connectivity index (χ2n) is 6.68. The zero-order valence-corrected chi connectivity index (χ0v) is 15.8. The second kappa shape index (κ2) is 7.58. The first kappa shape index (κ1) is 17.8. The molecule has 1 aromatic heterocycles. The van der Waals surface area contributed by atoms with Crippen molar-refractivity contribution in [2.75, 3.05) is 42.9 Å². The van der Waals surface area contributed by atoms with Crippen LogP contribution < -0.4 is 10.2 Å². The minimum atomic E-state index is -0.227. The molecular weight excluding hydrogens is 365 g/mol. The Balaban J connectivity index is 1.35. The molecule has 0 aliphatic carbocycles. The zero-order valence-electron chi connectivity index (χ0n) is 15.0. The summed E-state index contributed by atoms with van der Waals surface area (Å²) in [6.07, 6.45) is 0. The molecule has 1 aliphatic rings. The maximum atomic E-state index is 13.1. The van der Waals surface area contributed by atoms with E-state index < -0.39 is 0 Å². The van der Waals surface area contributed by atoms with Gasteiger partial charge in [-0.1, -0.05) is 6.07 Å². The number of aromatic nitrogens is 2. The van der Waals surface area contributed by atoms with Crippen LogP contribution in [0.15, 0.2) is 36.4 Å². The van der Waals surface area contributed by atoms with Gasteiger partial charge in [-0.05, 0) is 42.8 Å². The average Bonchev–Trinajstić information content (AvgIpc) is 3.14. The van der Waals surface area contributed by atoms with Crippen LogP contribution in [0.3, 0.4) is 0 Å². The summed E-state index contributed by atoms with van der Waals surface area (Å²) in [5, 5.41) is 3.00. The molecule has 0 radical (unpaired) electrons. The van der Waals surface area contributed by atoms with Crippen molar-refractivity contribution in [3.63, 3.8) is 0 Å². The van der Waals surface area contributed by atoms with Crippen LogP contribution in [0.1, 0.15) is 5.56 Å². The number of fused-ring (bicyclic) bond motifs is 1. The number of anilines is 2. The highest BCUT2D eigenvalue weighted by Gasteiger charge is 2.20. The van der Waals surface area contributed by atoms with Crippen LogP contribution in [0, 0.1) is 12.7 Å². The smallest absolute Gasteiger partial charge is 0.238 e. The summed E-state index contributed by atoms with van der Waals surface area (Å²) in [6, 6.07) is 10.4. The Labute approximate surface area is 160 Å². The van der Waals surface area contributed by atoms with Crippen LogP contribution in [-0.2, 0) is 4.79 Å². The van der Waals surface area contributed by atoms with Gasteiger partial charge in [0.1, 0.15) is 16.9 Å². The summed E-state index contributed by atoms with van der Waals surface area (Å²) in [4.78, 5) is 16.9. The van der Waals surface area contributed by atoms with E-state index in [1.807, 2.05) is 19.1 Å². The topological polar surface area (TPSA) is 61.4 Å². The van der Waals surface area contributed by atoms with Crippen molar-refractivity contribution in [1.82, 2.24) is 13.6 Å². The highest BCUT2D eigenvalue weighted by molar-refractivity contribution is 7.00. The number of nitrogens with one attached hydrogen (secondary N) is 1. The predicted molar refractivity (Wildman–Crippen MR) is 106 cm³/mol. The number of rotatable bonds is 4. The lowest BCUT2D eigenvalue weighted by Gasteiger charge is -2.35. The molecule has 1 amide bonds. The van der Waals surface area contributed by atoms with E-state index >= 15 is 0 Å². The summed E-state index contributed by atoms with van der Waals surface area (Å²) in [7, 11) is 0. The molecule has 4 rings (SSSR count). The Morgan fingerprint density at radius 3 is 2.59 bits per heavy atom. The quantitative estimate of drug-likeness (QED) is 0.748. The molecule has 27 heavy (non-hydrogen) atoms. The molecule has 3 aromatic rings. The largest absolute Gasteiger partial charge is 0.369 e. The van der Waals surface area contributed by atoms with Gasteiger partial charge in [0.25, 0.3) is 0 Å². The normalized spacial score (nSPS) is 15.3. The standard InChI is InChI=1S/C19H20FN5OS/c1-13-2-7-16-19(23-27-22-16)18(13)21-17(26)12-24-8-10-25(11-9-24)15-5-3-14(20)4-6-15/h2-7H,8-12H2,1H3,(H,21,26). The molecule has 0 spiro atoms. The van der Waals surface area contributed by atoms with Gasteiger partial charge < -0.3 is 10.2 Å². The van der Waals surface area contributed by atoms with Crippen LogP contribution >= 0.6 is 11.7 Å². The van der Waals surface area contributed by atoms with E-state index in [-0.39, 0.29) is 11.7 Å². The fraction of sp³-hybridized carbons (Fsp3) is 0.316. The first-order chi connectivity index (χ1) is 13.1. The van der Waals surface area contributed by atoms with Crippen molar-refractivity contribution in [2.45, 2.75) is 6.92 Å². The van der Waals surface area contributed by atoms with Gasteiger partial charge in [-0.3, -0.25) is 9.69 Å². The Kier molecular flexibility index (Phi) is 5.00. The van der Waals surface area contributed by atoms with E-state index in [1.54, 1.807) is 12.1 Å². The number of hydrogen-bond donors (Lipinski definition) is 1. The summed E-state index contributed by atoms with van der Waals surface area (Å²) in [6.45, 7) is 5.48. The molecule has 1 fully saturated rings. The first-order valence-electron chi connectivity index (χ1n) is 8.85. The van der Waals surface area contributed by atoms with Gasteiger partial charge in [0.2, 0.25) is 5.91 Å². The molecule has 0 saturated carbocycles. The lowest BCUT2D eigenvalue weighted by molar-refractivity contribution is -0.117. The molecule has 6 nitrogen and oxygen atoms in total. The minimum absolute atomic E-state index is 0.0474. The van der Waals surface area contributed by atoms with E-state index in [0.29, 0.717) is 6.54 Å². The summed E-state index contributed by atoms with van der Waals surface area (Å²) in [5.74, 6) is -0.275. The number of halogens is 1. The van der Waals surface area contributed by atoms with Crippen LogP contribution in [0.5, 0.6) is 0 Å². The van der Waals surface area contributed by atoms with E-state index in [2.05, 4.69) is 23.9 Å². The highest BCUT2D eigenvalue weighted by Crippen LogP contribution is 2.25. The van der Waals surface area contributed by atoms with Gasteiger partial charge in [0, 0.05) is 31.9 Å². The number of carbonyl (C=O) groups excluding carboxylic acids is 1. The van der Waals surface area contributed by atoms with Gasteiger partial charge in [0.15, 0.2) is 0 Å². The third-order valence-electron chi connectivity index (χ3n) is 4.83. The summed E-state index contributed by atoms with van der Waals surface area (Å²) >= 11 is 1.15. The first-order valence-corrected chi connectivity index (χ1v) is 9.58. The van der Waals surface area contributed by atoms with Gasteiger partial charge >= 0.3 is 0 Å². The molecule has 1 N–H and O–H groups in total. The number of nitrogens with zero attached hydrogens (tertiary/aromatic N) is 4. The van der Waals surface area contributed by atoms with Gasteiger partial charge in [-0.25, -0.2) is 4.39 Å². The lowest BCUT2D eigenvalue weighted by atomic mass is 10.1. The Hall–Kier alpha value is -2.58. The molecule has 0 bridgehead atoms. The van der Waals surface area contributed by atoms with Crippen LogP contribution in [0.2, 0.25) is 0 Å². The molecule has 2 heterocycles. The van der Waals surface area contributed by atoms with Gasteiger partial charge in [0.05, 0.1) is 24.0 Å². The molecule has 140 valence electrons. The third-order valence-corrected chi connectivity index (χ3v) is 5.37. The average molecular weight is 385 g/mol. The van der Waals surface area contributed by atoms with Gasteiger partial charge in [-0.2, -0.15) is 8.75 Å². The second-order valence-corrected chi connectivity index (χ2v) is 7.21. The maximum Gasteiger partial charge on any atom is 0.238 e. The van der Waals surface area contributed by atoms with E-state index in [1.165, 1.54) is 12.1 Å². The SMILES string of the molecule is Cc1ccc2nsnc2c1NC(=O)CN1CCN(c2ccc(F)cc2)CC1. The number of amides is 1. The monoisotopic (exact) mass is 385 g/mol. The van der Waals surface area contributed by atoms with Crippen molar-refractivity contribution in [1.29, 1.82) is 0 Å². The molecule has 0 atom stereocenters. The van der Waals surface area contributed by atoms with Crippen LogP contribution in [-0.4, -0.2) is 52.3 Å². The highest BCUT2D eigenvalue weighted by atomic mass is 32.1. The number of carbonyl (C=O) groups is 1. The number of piperazine rings is 1. The van der Waals surface area contributed by atoms with Crippen LogP contribution in [0.25, 0.3) is 11.0 Å². The molecule has 1 saturated heterocycles. The van der Waals surface area contributed by atoms with Crippen molar-refractivity contribution < 1.29 is 9.18 Å². The Morgan fingerprint density at radius 1 is 1.11 bits per heavy atom. The van der Waals surface area contributed by atoms with E-state index in [4.69, 9.17) is 0 Å². The molecule has 0 unspecified atom stereocenters. The number of benzene rings is 2. The third kappa shape index (κ3) is 3.91.